The van der Waals surface area contributed by atoms with Crippen molar-refractivity contribution >= 4 is 18.1 Å². The minimum atomic E-state index is -0.576. The summed E-state index contributed by atoms with van der Waals surface area (Å²) < 4.78 is 15.8. The number of nitriles is 1. The van der Waals surface area contributed by atoms with Crippen molar-refractivity contribution in [1.29, 1.82) is 5.26 Å². The molecule has 10 heteroatoms. The van der Waals surface area contributed by atoms with Crippen molar-refractivity contribution in [3.63, 3.8) is 0 Å². The molecule has 0 bridgehead atoms. The minimum Gasteiger partial charge on any atom is -0.485 e. The Bertz CT molecular complexity index is 1470. The first-order valence-electron chi connectivity index (χ1n) is 10.4. The van der Waals surface area contributed by atoms with Crippen molar-refractivity contribution in [3.8, 4) is 23.1 Å². The monoisotopic (exact) mass is 469 g/mol. The van der Waals surface area contributed by atoms with Crippen LogP contribution in [0.2, 0.25) is 0 Å². The number of hydrogen-bond donors (Lipinski definition) is 2. The summed E-state index contributed by atoms with van der Waals surface area (Å²) in [6, 6.07) is 21.1. The van der Waals surface area contributed by atoms with Crippen molar-refractivity contribution < 1.29 is 18.7 Å². The lowest BCUT2D eigenvalue weighted by molar-refractivity contribution is 0.0561. The Labute approximate surface area is 199 Å². The maximum absolute atomic E-state index is 12.4. The molecule has 0 aliphatic carbocycles. The van der Waals surface area contributed by atoms with Crippen LogP contribution >= 0.6 is 0 Å². The van der Waals surface area contributed by atoms with Gasteiger partial charge in [-0.15, -0.1) is 0 Å². The number of H-pyrrole nitrogens is 1. The van der Waals surface area contributed by atoms with Crippen LogP contribution in [-0.2, 0) is 11.3 Å². The zero-order valence-corrected chi connectivity index (χ0v) is 18.5. The molecule has 0 radical (unpaired) electrons. The molecule has 35 heavy (non-hydrogen) atoms. The van der Waals surface area contributed by atoms with Gasteiger partial charge < -0.3 is 13.9 Å². The third-order valence-electron chi connectivity index (χ3n) is 4.79. The van der Waals surface area contributed by atoms with Crippen LogP contribution in [0.25, 0.3) is 11.3 Å². The number of rotatable bonds is 8. The number of furan rings is 1. The van der Waals surface area contributed by atoms with Gasteiger partial charge in [0.1, 0.15) is 29.7 Å². The van der Waals surface area contributed by atoms with E-state index in [9.17, 15) is 14.9 Å². The summed E-state index contributed by atoms with van der Waals surface area (Å²) in [6.45, 7) is 0.0835. The number of esters is 1. The average molecular weight is 469 g/mol. The molecule has 2 N–H and O–H groups in total. The number of ether oxygens (including phenoxy) is 2. The van der Waals surface area contributed by atoms with E-state index in [1.165, 1.54) is 19.4 Å². The zero-order chi connectivity index (χ0) is 24.6. The maximum Gasteiger partial charge on any atom is 0.373 e. The second-order valence-electron chi connectivity index (χ2n) is 7.07. The third-order valence-corrected chi connectivity index (χ3v) is 4.79. The van der Waals surface area contributed by atoms with Gasteiger partial charge in [-0.3, -0.25) is 9.78 Å². The molecule has 4 rings (SSSR count). The normalized spacial score (nSPS) is 10.6. The minimum absolute atomic E-state index is 0.0772. The molecule has 2 aromatic carbocycles. The summed E-state index contributed by atoms with van der Waals surface area (Å²) >= 11 is 0. The van der Waals surface area contributed by atoms with Crippen LogP contribution in [0, 0.1) is 11.3 Å². The Balaban J connectivity index is 1.49. The molecule has 0 fully saturated rings. The van der Waals surface area contributed by atoms with E-state index in [0.29, 0.717) is 22.6 Å². The topological polar surface area (TPSA) is 143 Å². The molecule has 0 spiro atoms. The second-order valence-corrected chi connectivity index (χ2v) is 7.07. The number of nitrogens with one attached hydrogen (secondary N) is 2. The van der Waals surface area contributed by atoms with Crippen LogP contribution < -0.4 is 15.7 Å². The van der Waals surface area contributed by atoms with Crippen LogP contribution in [-0.4, -0.2) is 29.3 Å². The molecule has 0 unspecified atom stereocenters. The van der Waals surface area contributed by atoms with Crippen molar-refractivity contribution in [2.75, 3.05) is 12.5 Å². The van der Waals surface area contributed by atoms with E-state index in [1.807, 2.05) is 18.2 Å². The molecule has 4 aromatic rings. The fourth-order valence-electron chi connectivity index (χ4n) is 3.13. The number of methoxy groups -OCH3 is 1. The number of anilines is 1. The number of carbonyl (C=O) groups excluding carboxylic acids is 1. The summed E-state index contributed by atoms with van der Waals surface area (Å²) in [4.78, 5) is 30.7. The number of para-hydroxylation sites is 1. The predicted octanol–water partition coefficient (Wildman–Crippen LogP) is 3.71. The van der Waals surface area contributed by atoms with E-state index < -0.39 is 11.5 Å². The molecular formula is C25H19N5O5. The molecular weight excluding hydrogens is 450 g/mol. The third kappa shape index (κ3) is 5.43. The molecule has 0 aliphatic rings. The molecule has 0 amide bonds. The zero-order valence-electron chi connectivity index (χ0n) is 18.5. The highest BCUT2D eigenvalue weighted by Gasteiger charge is 2.13. The molecule has 2 heterocycles. The Morgan fingerprint density at radius 2 is 1.94 bits per heavy atom. The molecule has 0 saturated carbocycles. The van der Waals surface area contributed by atoms with E-state index in [-0.39, 0.29) is 29.6 Å². The number of hydrazone groups is 1. The molecule has 0 atom stereocenters. The highest BCUT2D eigenvalue weighted by atomic mass is 16.5. The molecule has 0 saturated heterocycles. The Morgan fingerprint density at radius 1 is 1.17 bits per heavy atom. The number of carbonyl (C=O) groups is 1. The predicted molar refractivity (Wildman–Crippen MR) is 127 cm³/mol. The average Bonchev–Trinajstić information content (AvgIpc) is 3.37. The quantitative estimate of drug-likeness (QED) is 0.226. The fraction of sp³-hybridized carbons (Fsp3) is 0.0800. The Kier molecular flexibility index (Phi) is 6.99. The lowest BCUT2D eigenvalue weighted by atomic mass is 10.1. The Hall–Kier alpha value is -5.17. The first kappa shape index (κ1) is 23.0. The van der Waals surface area contributed by atoms with E-state index in [1.54, 1.807) is 48.5 Å². The molecule has 174 valence electrons. The summed E-state index contributed by atoms with van der Waals surface area (Å²) in [7, 11) is 1.27. The SMILES string of the molecule is COC(=O)c1ccc(COc2ccccc2C=NNc2nc(-c3ccccc3)c(C#N)c(=O)[nH]2)o1. The standard InChI is InChI=1S/C25H19N5O5/c1-33-24(32)21-12-11-18(35-21)15-34-20-10-6-5-9-17(20)14-27-30-25-28-22(16-7-3-2-4-8-16)19(13-26)23(31)29-25/h2-12,14H,15H2,1H3,(H2,28,29,30,31). The van der Waals surface area contributed by atoms with Gasteiger partial charge in [0, 0.05) is 11.1 Å². The van der Waals surface area contributed by atoms with Crippen LogP contribution in [0.5, 0.6) is 5.75 Å². The van der Waals surface area contributed by atoms with Crippen molar-refractivity contribution in [2.24, 2.45) is 5.10 Å². The van der Waals surface area contributed by atoms with E-state index in [4.69, 9.17) is 9.15 Å². The summed E-state index contributed by atoms with van der Waals surface area (Å²) in [5.74, 6) is 0.556. The molecule has 2 aromatic heterocycles. The largest absolute Gasteiger partial charge is 0.485 e. The second kappa shape index (κ2) is 10.6. The smallest absolute Gasteiger partial charge is 0.373 e. The van der Waals surface area contributed by atoms with Gasteiger partial charge in [0.15, 0.2) is 0 Å². The van der Waals surface area contributed by atoms with Gasteiger partial charge in [-0.25, -0.2) is 15.2 Å². The van der Waals surface area contributed by atoms with E-state index in [0.717, 1.165) is 0 Å². The highest BCUT2D eigenvalue weighted by molar-refractivity contribution is 5.86. The number of benzene rings is 2. The fourth-order valence-corrected chi connectivity index (χ4v) is 3.13. The van der Waals surface area contributed by atoms with Gasteiger partial charge in [-0.05, 0) is 24.3 Å². The number of aromatic nitrogens is 2. The van der Waals surface area contributed by atoms with Crippen molar-refractivity contribution in [1.82, 2.24) is 9.97 Å². The van der Waals surface area contributed by atoms with Gasteiger partial charge in [-0.1, -0.05) is 42.5 Å². The van der Waals surface area contributed by atoms with Crippen LogP contribution in [0.3, 0.4) is 0 Å². The van der Waals surface area contributed by atoms with Gasteiger partial charge in [0.2, 0.25) is 11.7 Å². The summed E-state index contributed by atoms with van der Waals surface area (Å²) in [5.41, 5.74) is 3.55. The first-order valence-corrected chi connectivity index (χ1v) is 10.4. The first-order chi connectivity index (χ1) is 17.1. The van der Waals surface area contributed by atoms with Gasteiger partial charge >= 0.3 is 5.97 Å². The van der Waals surface area contributed by atoms with E-state index in [2.05, 4.69) is 25.2 Å². The number of aromatic amines is 1. The van der Waals surface area contributed by atoms with Crippen LogP contribution in [0.15, 0.2) is 81.0 Å². The van der Waals surface area contributed by atoms with E-state index >= 15 is 0 Å². The van der Waals surface area contributed by atoms with Gasteiger partial charge in [0.05, 0.1) is 19.0 Å². The van der Waals surface area contributed by atoms with Crippen molar-refractivity contribution in [2.45, 2.75) is 6.61 Å². The lowest BCUT2D eigenvalue weighted by Gasteiger charge is -2.08. The summed E-state index contributed by atoms with van der Waals surface area (Å²) in [5, 5.41) is 13.5. The van der Waals surface area contributed by atoms with Gasteiger partial charge in [0.25, 0.3) is 5.56 Å². The van der Waals surface area contributed by atoms with Gasteiger partial charge in [-0.2, -0.15) is 10.4 Å². The van der Waals surface area contributed by atoms with Crippen LogP contribution in [0.1, 0.15) is 27.4 Å². The number of hydrogen-bond acceptors (Lipinski definition) is 9. The van der Waals surface area contributed by atoms with Crippen molar-refractivity contribution in [3.05, 3.63) is 99.7 Å². The van der Waals surface area contributed by atoms with Crippen LogP contribution in [0.4, 0.5) is 5.95 Å². The Morgan fingerprint density at radius 3 is 2.71 bits per heavy atom. The molecule has 10 nitrogen and oxygen atoms in total. The maximum atomic E-state index is 12.4. The number of nitrogens with zero attached hydrogens (tertiary/aromatic N) is 3. The molecule has 0 aliphatic heterocycles. The summed E-state index contributed by atoms with van der Waals surface area (Å²) in [6.07, 6.45) is 1.50. The highest BCUT2D eigenvalue weighted by Crippen LogP contribution is 2.21. The lowest BCUT2D eigenvalue weighted by Crippen LogP contribution is -2.16.